The second-order valence-electron chi connectivity index (χ2n) is 4.00. The molecule has 4 aromatic rings. The lowest BCUT2D eigenvalue weighted by Crippen LogP contribution is -1.84. The van der Waals surface area contributed by atoms with Gasteiger partial charge in [-0.05, 0) is 18.2 Å². The molecule has 0 spiro atoms. The zero-order chi connectivity index (χ0) is 11.2. The van der Waals surface area contributed by atoms with Crippen molar-refractivity contribution in [3.63, 3.8) is 0 Å². The highest BCUT2D eigenvalue weighted by molar-refractivity contribution is 6.06. The Kier molecular flexibility index (Phi) is 1.56. The van der Waals surface area contributed by atoms with Crippen LogP contribution >= 0.6 is 0 Å². The van der Waals surface area contributed by atoms with E-state index in [1.807, 2.05) is 36.4 Å². The predicted molar refractivity (Wildman–Crippen MR) is 66.8 cm³/mol. The molecule has 0 amide bonds. The summed E-state index contributed by atoms with van der Waals surface area (Å²) < 4.78 is 5.38. The summed E-state index contributed by atoms with van der Waals surface area (Å²) in [5, 5.41) is 2.15. The predicted octanol–water partition coefficient (Wildman–Crippen LogP) is 3.53. The van der Waals surface area contributed by atoms with Crippen molar-refractivity contribution in [2.75, 3.05) is 0 Å². The minimum absolute atomic E-state index is 0.802. The third-order valence-corrected chi connectivity index (χ3v) is 2.98. The fourth-order valence-corrected chi connectivity index (χ4v) is 2.17. The van der Waals surface area contributed by atoms with Crippen LogP contribution in [0, 0.1) is 0 Å². The van der Waals surface area contributed by atoms with Crippen molar-refractivity contribution in [2.45, 2.75) is 0 Å². The fourth-order valence-electron chi connectivity index (χ4n) is 2.17. The molecular formula is C14H8N2O. The van der Waals surface area contributed by atoms with Crippen LogP contribution in [0.1, 0.15) is 0 Å². The van der Waals surface area contributed by atoms with Crippen molar-refractivity contribution in [1.82, 2.24) is 9.97 Å². The second kappa shape index (κ2) is 3.04. The molecular weight excluding hydrogens is 212 g/mol. The molecule has 0 N–H and O–H groups in total. The van der Waals surface area contributed by atoms with Gasteiger partial charge in [-0.2, -0.15) is 0 Å². The number of aromatic nitrogens is 2. The van der Waals surface area contributed by atoms with Crippen LogP contribution in [0.15, 0.2) is 53.3 Å². The van der Waals surface area contributed by atoms with Gasteiger partial charge in [0, 0.05) is 23.0 Å². The molecule has 0 aliphatic heterocycles. The number of pyridine rings is 2. The van der Waals surface area contributed by atoms with Crippen molar-refractivity contribution in [2.24, 2.45) is 0 Å². The third-order valence-electron chi connectivity index (χ3n) is 2.98. The van der Waals surface area contributed by atoms with Crippen molar-refractivity contribution < 1.29 is 4.42 Å². The van der Waals surface area contributed by atoms with Crippen LogP contribution in [0.2, 0.25) is 0 Å². The van der Waals surface area contributed by atoms with E-state index in [1.54, 1.807) is 12.5 Å². The topological polar surface area (TPSA) is 38.9 Å². The van der Waals surface area contributed by atoms with Gasteiger partial charge in [0.25, 0.3) is 0 Å². The third kappa shape index (κ3) is 1.16. The van der Waals surface area contributed by atoms with E-state index in [2.05, 4.69) is 9.97 Å². The smallest absolute Gasteiger partial charge is 0.153 e. The summed E-state index contributed by atoms with van der Waals surface area (Å²) in [6.45, 7) is 0. The number of rotatable bonds is 0. The summed E-state index contributed by atoms with van der Waals surface area (Å²) in [5.74, 6) is 0. The van der Waals surface area contributed by atoms with E-state index in [-0.39, 0.29) is 0 Å². The van der Waals surface area contributed by atoms with Crippen LogP contribution in [0.25, 0.3) is 32.9 Å². The van der Waals surface area contributed by atoms with Crippen LogP contribution in [0.3, 0.4) is 0 Å². The van der Waals surface area contributed by atoms with E-state index in [0.717, 1.165) is 32.9 Å². The van der Waals surface area contributed by atoms with E-state index in [0.29, 0.717) is 0 Å². The monoisotopic (exact) mass is 220 g/mol. The molecule has 0 aliphatic carbocycles. The Morgan fingerprint density at radius 3 is 3.00 bits per heavy atom. The molecule has 1 aromatic carbocycles. The van der Waals surface area contributed by atoms with Crippen molar-refractivity contribution >= 4 is 32.9 Å². The van der Waals surface area contributed by atoms with Crippen LogP contribution in [-0.2, 0) is 0 Å². The first-order valence-electron chi connectivity index (χ1n) is 5.43. The first-order chi connectivity index (χ1) is 8.42. The summed E-state index contributed by atoms with van der Waals surface area (Å²) in [6.07, 6.45) is 3.46. The van der Waals surface area contributed by atoms with E-state index in [4.69, 9.17) is 4.42 Å². The average Bonchev–Trinajstić information content (AvgIpc) is 2.83. The van der Waals surface area contributed by atoms with Gasteiger partial charge < -0.3 is 4.42 Å². The van der Waals surface area contributed by atoms with Crippen LogP contribution in [0.4, 0.5) is 0 Å². The average molecular weight is 220 g/mol. The fraction of sp³-hybridized carbons (Fsp3) is 0. The lowest BCUT2D eigenvalue weighted by molar-refractivity contribution is 0.616. The van der Waals surface area contributed by atoms with E-state index >= 15 is 0 Å². The molecule has 0 saturated carbocycles. The maximum Gasteiger partial charge on any atom is 0.153 e. The summed E-state index contributed by atoms with van der Waals surface area (Å²) in [6, 6.07) is 11.9. The molecule has 0 unspecified atom stereocenters. The molecule has 4 rings (SSSR count). The van der Waals surface area contributed by atoms with Crippen molar-refractivity contribution in [3.8, 4) is 0 Å². The minimum Gasteiger partial charge on any atom is -0.463 e. The van der Waals surface area contributed by atoms with Gasteiger partial charge in [-0.1, -0.05) is 12.1 Å². The normalized spacial score (nSPS) is 11.5. The van der Waals surface area contributed by atoms with Gasteiger partial charge in [0.05, 0.1) is 17.3 Å². The number of nitrogens with zero attached hydrogens (tertiary/aromatic N) is 2. The molecule has 80 valence electrons. The number of hydrogen-bond acceptors (Lipinski definition) is 3. The highest BCUT2D eigenvalue weighted by Crippen LogP contribution is 2.26. The highest BCUT2D eigenvalue weighted by Gasteiger charge is 2.06. The van der Waals surface area contributed by atoms with Crippen molar-refractivity contribution in [3.05, 3.63) is 48.9 Å². The molecule has 0 atom stereocenters. The zero-order valence-corrected chi connectivity index (χ0v) is 8.92. The molecule has 17 heavy (non-hydrogen) atoms. The largest absolute Gasteiger partial charge is 0.463 e. The number of hydrogen-bond donors (Lipinski definition) is 0. The number of benzene rings is 1. The Bertz CT molecular complexity index is 848. The SMILES string of the molecule is c1cnc2c(c1)ccc1nc3ccoc3cc12. The van der Waals surface area contributed by atoms with Crippen molar-refractivity contribution in [1.29, 1.82) is 0 Å². The minimum atomic E-state index is 0.802. The Morgan fingerprint density at radius 2 is 2.00 bits per heavy atom. The van der Waals surface area contributed by atoms with Crippen LogP contribution < -0.4 is 0 Å². The number of fused-ring (bicyclic) bond motifs is 4. The first-order valence-corrected chi connectivity index (χ1v) is 5.43. The molecule has 0 radical (unpaired) electrons. The van der Waals surface area contributed by atoms with Gasteiger partial charge in [-0.3, -0.25) is 4.98 Å². The molecule has 0 saturated heterocycles. The second-order valence-corrected chi connectivity index (χ2v) is 4.00. The Balaban J connectivity index is 2.30. The van der Waals surface area contributed by atoms with E-state index < -0.39 is 0 Å². The molecule has 3 heterocycles. The van der Waals surface area contributed by atoms with Crippen LogP contribution in [0.5, 0.6) is 0 Å². The van der Waals surface area contributed by atoms with Gasteiger partial charge in [0.1, 0.15) is 5.52 Å². The van der Waals surface area contributed by atoms with Gasteiger partial charge >= 0.3 is 0 Å². The molecule has 3 nitrogen and oxygen atoms in total. The Hall–Kier alpha value is -2.42. The standard InChI is InChI=1S/C14H8N2O/c1-2-9-3-4-11-10(14(9)15-6-1)8-13-12(16-11)5-7-17-13/h1-8H. The number of furan rings is 1. The Labute approximate surface area is 96.7 Å². The molecule has 0 bridgehead atoms. The zero-order valence-electron chi connectivity index (χ0n) is 8.92. The molecule has 0 fully saturated rings. The molecule has 3 aromatic heterocycles. The van der Waals surface area contributed by atoms with E-state index in [1.165, 1.54) is 0 Å². The van der Waals surface area contributed by atoms with Crippen LogP contribution in [-0.4, -0.2) is 9.97 Å². The highest BCUT2D eigenvalue weighted by atomic mass is 16.3. The van der Waals surface area contributed by atoms with Gasteiger partial charge in [-0.15, -0.1) is 0 Å². The maximum absolute atomic E-state index is 5.38. The van der Waals surface area contributed by atoms with Gasteiger partial charge in [0.2, 0.25) is 0 Å². The van der Waals surface area contributed by atoms with Gasteiger partial charge in [-0.25, -0.2) is 4.98 Å². The Morgan fingerprint density at radius 1 is 1.00 bits per heavy atom. The lowest BCUT2D eigenvalue weighted by Gasteiger charge is -2.01. The molecule has 0 aliphatic rings. The van der Waals surface area contributed by atoms with Gasteiger partial charge in [0.15, 0.2) is 5.58 Å². The molecule has 3 heteroatoms. The summed E-state index contributed by atoms with van der Waals surface area (Å²) >= 11 is 0. The summed E-state index contributed by atoms with van der Waals surface area (Å²) in [5.41, 5.74) is 3.60. The lowest BCUT2D eigenvalue weighted by atomic mass is 10.1. The summed E-state index contributed by atoms with van der Waals surface area (Å²) in [7, 11) is 0. The quantitative estimate of drug-likeness (QED) is 0.425. The first kappa shape index (κ1) is 8.70. The van der Waals surface area contributed by atoms with E-state index in [9.17, 15) is 0 Å². The maximum atomic E-state index is 5.38. The summed E-state index contributed by atoms with van der Waals surface area (Å²) in [4.78, 5) is 8.97.